The van der Waals surface area contributed by atoms with Crippen molar-refractivity contribution in [2.75, 3.05) is 0 Å². The van der Waals surface area contributed by atoms with E-state index in [0.29, 0.717) is 10.2 Å². The molecule has 1 aromatic carbocycles. The molecule has 0 saturated carbocycles. The van der Waals surface area contributed by atoms with Crippen LogP contribution in [0, 0.1) is 0 Å². The number of hydrogen-bond donors (Lipinski definition) is 0. The van der Waals surface area contributed by atoms with Crippen molar-refractivity contribution in [3.63, 3.8) is 0 Å². The zero-order valence-electron chi connectivity index (χ0n) is 9.91. The molecule has 1 heterocycles. The Morgan fingerprint density at radius 3 is 2.61 bits per heavy atom. The van der Waals surface area contributed by atoms with E-state index in [1.54, 1.807) is 6.07 Å². The number of ketones is 1. The number of halogens is 1. The lowest BCUT2D eigenvalue weighted by Gasteiger charge is -2.16. The lowest BCUT2D eigenvalue weighted by molar-refractivity contribution is 0.103. The van der Waals surface area contributed by atoms with E-state index in [4.69, 9.17) is 4.42 Å². The molecule has 3 heteroatoms. The highest BCUT2D eigenvalue weighted by molar-refractivity contribution is 9.10. The summed E-state index contributed by atoms with van der Waals surface area (Å²) in [6.07, 6.45) is 6.23. The van der Waals surface area contributed by atoms with Crippen LogP contribution in [0.5, 0.6) is 0 Å². The van der Waals surface area contributed by atoms with E-state index < -0.39 is 0 Å². The van der Waals surface area contributed by atoms with Crippen molar-refractivity contribution in [2.45, 2.75) is 25.7 Å². The van der Waals surface area contributed by atoms with E-state index >= 15 is 0 Å². The summed E-state index contributed by atoms with van der Waals surface area (Å²) in [5.74, 6) is 0.0176. The Labute approximate surface area is 114 Å². The van der Waals surface area contributed by atoms with E-state index in [1.165, 1.54) is 30.2 Å². The number of fused-ring (bicyclic) bond motifs is 1. The van der Waals surface area contributed by atoms with Gasteiger partial charge in [0.2, 0.25) is 0 Å². The molecule has 1 aliphatic rings. The molecule has 0 saturated heterocycles. The van der Waals surface area contributed by atoms with Crippen LogP contribution < -0.4 is 0 Å². The molecule has 1 aliphatic carbocycles. The smallest absolute Gasteiger partial charge is 0.197 e. The first-order valence-corrected chi connectivity index (χ1v) is 6.94. The highest BCUT2D eigenvalue weighted by atomic mass is 79.9. The van der Waals surface area contributed by atoms with E-state index in [1.807, 2.05) is 12.1 Å². The third kappa shape index (κ3) is 2.03. The van der Waals surface area contributed by atoms with Crippen LogP contribution in [0.3, 0.4) is 0 Å². The molecule has 3 rings (SSSR count). The summed E-state index contributed by atoms with van der Waals surface area (Å²) in [5, 5.41) is 0. The minimum Gasteiger partial charge on any atom is -0.457 e. The monoisotopic (exact) mass is 304 g/mol. The van der Waals surface area contributed by atoms with Gasteiger partial charge in [-0.2, -0.15) is 0 Å². The third-order valence-corrected chi connectivity index (χ3v) is 4.09. The van der Waals surface area contributed by atoms with Crippen molar-refractivity contribution in [1.82, 2.24) is 0 Å². The van der Waals surface area contributed by atoms with Crippen molar-refractivity contribution < 1.29 is 9.21 Å². The van der Waals surface area contributed by atoms with Gasteiger partial charge in [0.05, 0.1) is 11.8 Å². The van der Waals surface area contributed by atoms with Crippen LogP contribution in [0.2, 0.25) is 0 Å². The summed E-state index contributed by atoms with van der Waals surface area (Å²) in [6.45, 7) is 0. The number of carbonyl (C=O) groups excluding carboxylic acids is 1. The molecule has 0 fully saturated rings. The van der Waals surface area contributed by atoms with Gasteiger partial charge in [-0.05, 0) is 64.9 Å². The molecule has 0 atom stereocenters. The van der Waals surface area contributed by atoms with Crippen LogP contribution in [0.1, 0.15) is 39.9 Å². The van der Waals surface area contributed by atoms with Gasteiger partial charge in [-0.25, -0.2) is 0 Å². The van der Waals surface area contributed by atoms with Gasteiger partial charge in [0.25, 0.3) is 0 Å². The van der Waals surface area contributed by atoms with Gasteiger partial charge < -0.3 is 4.42 Å². The van der Waals surface area contributed by atoms with E-state index in [0.717, 1.165) is 18.4 Å². The minimum absolute atomic E-state index is 0.0176. The Morgan fingerprint density at radius 2 is 1.89 bits per heavy atom. The zero-order chi connectivity index (χ0) is 12.5. The summed E-state index contributed by atoms with van der Waals surface area (Å²) in [6, 6.07) is 7.75. The molecule has 0 spiro atoms. The Balaban J connectivity index is 1.98. The maximum absolute atomic E-state index is 12.3. The van der Waals surface area contributed by atoms with E-state index in [-0.39, 0.29) is 5.78 Å². The second-order valence-corrected chi connectivity index (χ2v) is 5.35. The minimum atomic E-state index is 0.0176. The van der Waals surface area contributed by atoms with Crippen molar-refractivity contribution in [3.8, 4) is 0 Å². The number of carbonyl (C=O) groups is 1. The molecule has 0 aliphatic heterocycles. The molecule has 0 N–H and O–H groups in total. The maximum atomic E-state index is 12.3. The lowest BCUT2D eigenvalue weighted by atomic mass is 9.89. The number of aryl methyl sites for hydroxylation is 2. The summed E-state index contributed by atoms with van der Waals surface area (Å²) in [7, 11) is 0. The number of hydrogen-bond acceptors (Lipinski definition) is 2. The molecule has 0 unspecified atom stereocenters. The van der Waals surface area contributed by atoms with Gasteiger partial charge in [0.1, 0.15) is 0 Å². The molecule has 0 radical (unpaired) electrons. The van der Waals surface area contributed by atoms with Crippen LogP contribution in [-0.2, 0) is 12.8 Å². The van der Waals surface area contributed by atoms with Crippen LogP contribution >= 0.6 is 15.9 Å². The fourth-order valence-electron chi connectivity index (χ4n) is 2.49. The average molecular weight is 305 g/mol. The highest BCUT2D eigenvalue weighted by Gasteiger charge is 2.17. The maximum Gasteiger partial charge on any atom is 0.197 e. The molecule has 1 aromatic heterocycles. The van der Waals surface area contributed by atoms with Gasteiger partial charge in [-0.15, -0.1) is 0 Å². The first-order chi connectivity index (χ1) is 8.75. The van der Waals surface area contributed by atoms with Crippen LogP contribution in [-0.4, -0.2) is 5.78 Å². The summed E-state index contributed by atoms with van der Waals surface area (Å²) >= 11 is 3.25. The van der Waals surface area contributed by atoms with Gasteiger partial charge in [-0.1, -0.05) is 12.1 Å². The molecule has 2 aromatic rings. The Hall–Kier alpha value is -1.35. The SMILES string of the molecule is O=C(c1ccc2c(c1)CCCC2)c1ccoc1Br. The fraction of sp³-hybridized carbons (Fsp3) is 0.267. The predicted octanol–water partition coefficient (Wildman–Crippen LogP) is 4.15. The van der Waals surface area contributed by atoms with Crippen LogP contribution in [0.4, 0.5) is 0 Å². The number of benzene rings is 1. The Kier molecular flexibility index (Phi) is 3.08. The van der Waals surface area contributed by atoms with Gasteiger partial charge in [0.15, 0.2) is 10.5 Å². The van der Waals surface area contributed by atoms with Crippen LogP contribution in [0.15, 0.2) is 39.6 Å². The topological polar surface area (TPSA) is 30.2 Å². The predicted molar refractivity (Wildman–Crippen MR) is 72.9 cm³/mol. The van der Waals surface area contributed by atoms with E-state index in [2.05, 4.69) is 22.0 Å². The first-order valence-electron chi connectivity index (χ1n) is 6.15. The molecular weight excluding hydrogens is 292 g/mol. The number of rotatable bonds is 2. The lowest BCUT2D eigenvalue weighted by Crippen LogP contribution is -2.06. The second-order valence-electron chi connectivity index (χ2n) is 4.63. The van der Waals surface area contributed by atoms with Crippen molar-refractivity contribution >= 4 is 21.7 Å². The fourth-order valence-corrected chi connectivity index (χ4v) is 2.91. The summed E-state index contributed by atoms with van der Waals surface area (Å²) < 4.78 is 5.62. The van der Waals surface area contributed by atoms with Crippen molar-refractivity contribution in [1.29, 1.82) is 0 Å². The molecule has 92 valence electrons. The van der Waals surface area contributed by atoms with Crippen molar-refractivity contribution in [2.24, 2.45) is 0 Å². The van der Waals surface area contributed by atoms with Gasteiger partial charge in [-0.3, -0.25) is 4.79 Å². The van der Waals surface area contributed by atoms with E-state index in [9.17, 15) is 4.79 Å². The van der Waals surface area contributed by atoms with Gasteiger partial charge in [0, 0.05) is 5.56 Å². The Morgan fingerprint density at radius 1 is 1.11 bits per heavy atom. The quantitative estimate of drug-likeness (QED) is 0.780. The molecule has 0 bridgehead atoms. The molecule has 0 amide bonds. The normalized spacial score (nSPS) is 14.3. The van der Waals surface area contributed by atoms with Crippen LogP contribution in [0.25, 0.3) is 0 Å². The highest BCUT2D eigenvalue weighted by Crippen LogP contribution is 2.25. The summed E-state index contributed by atoms with van der Waals surface area (Å²) in [4.78, 5) is 12.3. The first kappa shape index (κ1) is 11.7. The second kappa shape index (κ2) is 4.73. The van der Waals surface area contributed by atoms with Crippen molar-refractivity contribution in [3.05, 3.63) is 57.5 Å². The Bertz CT molecular complexity index is 598. The zero-order valence-corrected chi connectivity index (χ0v) is 11.5. The largest absolute Gasteiger partial charge is 0.457 e. The molecule has 2 nitrogen and oxygen atoms in total. The summed E-state index contributed by atoms with van der Waals surface area (Å²) in [5.41, 5.74) is 4.05. The molecular formula is C15H13BrO2. The third-order valence-electron chi connectivity index (χ3n) is 3.47. The standard InChI is InChI=1S/C15H13BrO2/c16-15-13(7-8-18-15)14(17)12-6-5-10-3-1-2-4-11(10)9-12/h5-9H,1-4H2. The average Bonchev–Trinajstić information content (AvgIpc) is 2.83. The molecule has 18 heavy (non-hydrogen) atoms. The number of furan rings is 1. The van der Waals surface area contributed by atoms with Gasteiger partial charge >= 0.3 is 0 Å².